The number of rotatable bonds is 4. The highest BCUT2D eigenvalue weighted by molar-refractivity contribution is 5.74. The molecule has 1 aromatic carbocycles. The van der Waals surface area contributed by atoms with Gasteiger partial charge in [-0.25, -0.2) is 9.07 Å². The standard InChI is InChI=1S/C14H14FN3O2/c15-11-3-1-2-4-12(11)18-9-10(7-16-18)8-17-6-5-13(17)14(19)20/h1-4,7,9,13H,5-6,8H2,(H,19,20)/t13-/m0/s1. The molecule has 0 amide bonds. The number of carboxylic acid groups (broad SMARTS) is 1. The third kappa shape index (κ3) is 2.30. The van der Waals surface area contributed by atoms with Crippen LogP contribution in [0.1, 0.15) is 12.0 Å². The lowest BCUT2D eigenvalue weighted by molar-refractivity contribution is -0.148. The Balaban J connectivity index is 1.75. The zero-order chi connectivity index (χ0) is 14.1. The molecule has 104 valence electrons. The summed E-state index contributed by atoms with van der Waals surface area (Å²) < 4.78 is 15.1. The topological polar surface area (TPSA) is 58.4 Å². The van der Waals surface area contributed by atoms with Crippen LogP contribution in [-0.2, 0) is 11.3 Å². The van der Waals surface area contributed by atoms with Crippen LogP contribution >= 0.6 is 0 Å². The Morgan fingerprint density at radius 2 is 2.25 bits per heavy atom. The lowest BCUT2D eigenvalue weighted by Gasteiger charge is -2.37. The second-order valence-electron chi connectivity index (χ2n) is 4.86. The summed E-state index contributed by atoms with van der Waals surface area (Å²) in [6.07, 6.45) is 4.05. The molecule has 20 heavy (non-hydrogen) atoms. The van der Waals surface area contributed by atoms with Crippen molar-refractivity contribution in [1.29, 1.82) is 0 Å². The molecule has 1 saturated heterocycles. The highest BCUT2D eigenvalue weighted by Crippen LogP contribution is 2.21. The van der Waals surface area contributed by atoms with Gasteiger partial charge in [0.15, 0.2) is 0 Å². The molecule has 1 aliphatic heterocycles. The van der Waals surface area contributed by atoms with Gasteiger partial charge in [0.25, 0.3) is 0 Å². The minimum absolute atomic E-state index is 0.338. The van der Waals surface area contributed by atoms with Crippen LogP contribution in [0.4, 0.5) is 4.39 Å². The number of benzene rings is 1. The smallest absolute Gasteiger partial charge is 0.320 e. The van der Waals surface area contributed by atoms with Gasteiger partial charge in [0.05, 0.1) is 6.20 Å². The van der Waals surface area contributed by atoms with E-state index in [9.17, 15) is 9.18 Å². The highest BCUT2D eigenvalue weighted by atomic mass is 19.1. The Morgan fingerprint density at radius 3 is 2.90 bits per heavy atom. The Hall–Kier alpha value is -2.21. The zero-order valence-electron chi connectivity index (χ0n) is 10.7. The van der Waals surface area contributed by atoms with Crippen molar-refractivity contribution in [2.45, 2.75) is 19.0 Å². The molecule has 2 aromatic rings. The van der Waals surface area contributed by atoms with Gasteiger partial charge >= 0.3 is 5.97 Å². The number of hydrogen-bond acceptors (Lipinski definition) is 3. The van der Waals surface area contributed by atoms with Crippen molar-refractivity contribution in [3.05, 3.63) is 48.0 Å². The van der Waals surface area contributed by atoms with Crippen LogP contribution < -0.4 is 0 Å². The third-order valence-corrected chi connectivity index (χ3v) is 3.54. The molecule has 1 aromatic heterocycles. The Labute approximate surface area is 115 Å². The average Bonchev–Trinajstić information content (AvgIpc) is 2.83. The Bertz CT molecular complexity index is 641. The van der Waals surface area contributed by atoms with E-state index in [0.29, 0.717) is 18.7 Å². The van der Waals surface area contributed by atoms with Crippen molar-refractivity contribution in [3.8, 4) is 5.69 Å². The lowest BCUT2D eigenvalue weighted by Crippen LogP contribution is -2.51. The van der Waals surface area contributed by atoms with Crippen LogP contribution in [0.15, 0.2) is 36.7 Å². The first-order valence-electron chi connectivity index (χ1n) is 6.40. The molecule has 5 nitrogen and oxygen atoms in total. The summed E-state index contributed by atoms with van der Waals surface area (Å²) in [6.45, 7) is 1.28. The molecule has 1 fully saturated rings. The number of hydrogen-bond donors (Lipinski definition) is 1. The second kappa shape index (κ2) is 5.05. The highest BCUT2D eigenvalue weighted by Gasteiger charge is 2.33. The summed E-state index contributed by atoms with van der Waals surface area (Å²) in [5, 5.41) is 13.1. The van der Waals surface area contributed by atoms with E-state index in [-0.39, 0.29) is 5.82 Å². The lowest BCUT2D eigenvalue weighted by atomic mass is 10.0. The quantitative estimate of drug-likeness (QED) is 0.922. The van der Waals surface area contributed by atoms with Gasteiger partial charge in [0, 0.05) is 24.8 Å². The predicted molar refractivity (Wildman–Crippen MR) is 70.0 cm³/mol. The summed E-state index contributed by atoms with van der Waals surface area (Å²) >= 11 is 0. The fourth-order valence-electron chi connectivity index (χ4n) is 2.36. The van der Waals surface area contributed by atoms with Crippen molar-refractivity contribution < 1.29 is 14.3 Å². The molecular formula is C14H14FN3O2. The van der Waals surface area contributed by atoms with Crippen molar-refractivity contribution in [2.75, 3.05) is 6.54 Å². The second-order valence-corrected chi connectivity index (χ2v) is 4.86. The van der Waals surface area contributed by atoms with Crippen LogP contribution in [0.2, 0.25) is 0 Å². The van der Waals surface area contributed by atoms with Gasteiger partial charge < -0.3 is 5.11 Å². The number of para-hydroxylation sites is 1. The molecule has 0 bridgehead atoms. The largest absolute Gasteiger partial charge is 0.480 e. The number of carboxylic acids is 1. The van der Waals surface area contributed by atoms with E-state index in [4.69, 9.17) is 5.11 Å². The van der Waals surface area contributed by atoms with Crippen molar-refractivity contribution in [3.63, 3.8) is 0 Å². The Kier molecular flexibility index (Phi) is 3.23. The summed E-state index contributed by atoms with van der Waals surface area (Å²) in [5.74, 6) is -1.13. The molecule has 0 saturated carbocycles. The fourth-order valence-corrected chi connectivity index (χ4v) is 2.36. The van der Waals surface area contributed by atoms with Crippen molar-refractivity contribution in [2.24, 2.45) is 0 Å². The molecule has 6 heteroatoms. The summed E-state index contributed by atoms with van der Waals surface area (Å²) in [4.78, 5) is 12.8. The predicted octanol–water partition coefficient (Wildman–Crippen LogP) is 1.67. The minimum atomic E-state index is -0.794. The molecule has 1 N–H and O–H groups in total. The minimum Gasteiger partial charge on any atom is -0.480 e. The van der Waals surface area contributed by atoms with Crippen LogP contribution in [-0.4, -0.2) is 38.3 Å². The van der Waals surface area contributed by atoms with Gasteiger partial charge in [-0.1, -0.05) is 12.1 Å². The maximum atomic E-state index is 13.6. The molecule has 0 radical (unpaired) electrons. The third-order valence-electron chi connectivity index (χ3n) is 3.54. The SMILES string of the molecule is O=C(O)[C@@H]1CCN1Cc1cnn(-c2ccccc2F)c1. The van der Waals surface area contributed by atoms with E-state index in [0.717, 1.165) is 12.1 Å². The summed E-state index contributed by atoms with van der Waals surface area (Å²) in [7, 11) is 0. The van der Waals surface area contributed by atoms with Crippen LogP contribution in [0.25, 0.3) is 5.69 Å². The molecule has 3 rings (SSSR count). The number of carbonyl (C=O) groups is 1. The monoisotopic (exact) mass is 275 g/mol. The van der Waals surface area contributed by atoms with E-state index in [1.165, 1.54) is 10.7 Å². The zero-order valence-corrected chi connectivity index (χ0v) is 10.7. The molecule has 1 aliphatic rings. The first-order chi connectivity index (χ1) is 9.65. The van der Waals surface area contributed by atoms with Gasteiger partial charge in [-0.2, -0.15) is 5.10 Å². The van der Waals surface area contributed by atoms with Gasteiger partial charge in [0.2, 0.25) is 0 Å². The molecule has 0 unspecified atom stereocenters. The van der Waals surface area contributed by atoms with E-state index >= 15 is 0 Å². The maximum absolute atomic E-state index is 13.6. The average molecular weight is 275 g/mol. The van der Waals surface area contributed by atoms with Crippen LogP contribution in [0.5, 0.6) is 0 Å². The van der Waals surface area contributed by atoms with Gasteiger partial charge in [-0.15, -0.1) is 0 Å². The number of halogens is 1. The van der Waals surface area contributed by atoms with Gasteiger partial charge in [0.1, 0.15) is 17.5 Å². The first-order valence-corrected chi connectivity index (χ1v) is 6.40. The molecule has 1 atom stereocenters. The van der Waals surface area contributed by atoms with E-state index in [1.54, 1.807) is 30.6 Å². The molecule has 0 aliphatic carbocycles. The van der Waals surface area contributed by atoms with E-state index in [2.05, 4.69) is 5.10 Å². The maximum Gasteiger partial charge on any atom is 0.320 e. The van der Waals surface area contributed by atoms with Crippen molar-refractivity contribution in [1.82, 2.24) is 14.7 Å². The number of likely N-dealkylation sites (tertiary alicyclic amines) is 1. The summed E-state index contributed by atoms with van der Waals surface area (Å²) in [6, 6.07) is 5.99. The van der Waals surface area contributed by atoms with Gasteiger partial charge in [-0.05, 0) is 18.6 Å². The summed E-state index contributed by atoms with van der Waals surface area (Å²) in [5.41, 5.74) is 1.26. The normalized spacial score (nSPS) is 18.8. The van der Waals surface area contributed by atoms with Crippen LogP contribution in [0, 0.1) is 5.82 Å². The number of nitrogens with zero attached hydrogens (tertiary/aromatic N) is 3. The Morgan fingerprint density at radius 1 is 1.45 bits per heavy atom. The van der Waals surface area contributed by atoms with E-state index < -0.39 is 12.0 Å². The fraction of sp³-hybridized carbons (Fsp3) is 0.286. The van der Waals surface area contributed by atoms with E-state index in [1.807, 2.05) is 4.90 Å². The van der Waals surface area contributed by atoms with Gasteiger partial charge in [-0.3, -0.25) is 9.69 Å². The first kappa shape index (κ1) is 12.8. The van der Waals surface area contributed by atoms with Crippen molar-refractivity contribution >= 4 is 5.97 Å². The van der Waals surface area contributed by atoms with Crippen LogP contribution in [0.3, 0.4) is 0 Å². The molecule has 2 heterocycles. The molecular weight excluding hydrogens is 261 g/mol. The number of aromatic nitrogens is 2. The number of aliphatic carboxylic acids is 1. The molecule has 0 spiro atoms.